The highest BCUT2D eigenvalue weighted by molar-refractivity contribution is 5.93. The van der Waals surface area contributed by atoms with E-state index in [0.29, 0.717) is 5.56 Å². The van der Waals surface area contributed by atoms with Gasteiger partial charge in [0.25, 0.3) is 0 Å². The molecule has 4 nitrogen and oxygen atoms in total. The van der Waals surface area contributed by atoms with Crippen molar-refractivity contribution in [2.75, 3.05) is 14.2 Å². The van der Waals surface area contributed by atoms with E-state index in [2.05, 4.69) is 10.1 Å². The van der Waals surface area contributed by atoms with Crippen molar-refractivity contribution in [2.24, 2.45) is 0 Å². The highest BCUT2D eigenvalue weighted by Crippen LogP contribution is 2.29. The predicted octanol–water partition coefficient (Wildman–Crippen LogP) is 1.77. The molecule has 16 heavy (non-hydrogen) atoms. The lowest BCUT2D eigenvalue weighted by atomic mass is 10.00. The largest absolute Gasteiger partial charge is 0.507 e. The third kappa shape index (κ3) is 2.33. The number of phenols is 1. The van der Waals surface area contributed by atoms with Crippen molar-refractivity contribution < 1.29 is 14.6 Å². The molecule has 1 atom stereocenters. The molecule has 0 radical (unpaired) electrons. The SMILES string of the molecule is CN[C@H](C)c1cc(C)cc(C(=O)OC)c1O. The minimum atomic E-state index is -0.522. The zero-order chi connectivity index (χ0) is 12.3. The Hall–Kier alpha value is -1.55. The lowest BCUT2D eigenvalue weighted by molar-refractivity contribution is 0.0597. The molecule has 0 heterocycles. The van der Waals surface area contributed by atoms with Crippen LogP contribution in [0.4, 0.5) is 0 Å². The first-order valence-corrected chi connectivity index (χ1v) is 5.10. The van der Waals surface area contributed by atoms with Gasteiger partial charge in [0, 0.05) is 11.6 Å². The monoisotopic (exact) mass is 223 g/mol. The number of nitrogens with one attached hydrogen (secondary N) is 1. The smallest absolute Gasteiger partial charge is 0.341 e. The summed E-state index contributed by atoms with van der Waals surface area (Å²) < 4.78 is 4.62. The van der Waals surface area contributed by atoms with Crippen LogP contribution in [0.2, 0.25) is 0 Å². The van der Waals surface area contributed by atoms with Gasteiger partial charge < -0.3 is 15.2 Å². The number of benzene rings is 1. The summed E-state index contributed by atoms with van der Waals surface area (Å²) in [6, 6.07) is 3.44. The van der Waals surface area contributed by atoms with Crippen LogP contribution in [0.5, 0.6) is 5.75 Å². The topological polar surface area (TPSA) is 58.6 Å². The molecular formula is C12H17NO3. The van der Waals surface area contributed by atoms with E-state index in [0.717, 1.165) is 5.56 Å². The fourth-order valence-corrected chi connectivity index (χ4v) is 1.56. The van der Waals surface area contributed by atoms with Gasteiger partial charge in [-0.1, -0.05) is 6.07 Å². The summed E-state index contributed by atoms with van der Waals surface area (Å²) in [5.41, 5.74) is 1.82. The molecule has 0 spiro atoms. The summed E-state index contributed by atoms with van der Waals surface area (Å²) in [6.07, 6.45) is 0. The Balaban J connectivity index is 3.31. The van der Waals surface area contributed by atoms with Crippen molar-refractivity contribution in [1.82, 2.24) is 5.32 Å². The van der Waals surface area contributed by atoms with Crippen LogP contribution in [0.3, 0.4) is 0 Å². The zero-order valence-electron chi connectivity index (χ0n) is 10.00. The van der Waals surface area contributed by atoms with Gasteiger partial charge in [0.05, 0.1) is 7.11 Å². The molecule has 88 valence electrons. The molecule has 0 saturated carbocycles. The molecular weight excluding hydrogens is 206 g/mol. The number of hydrogen-bond donors (Lipinski definition) is 2. The molecule has 4 heteroatoms. The number of phenolic OH excluding ortho intramolecular Hbond substituents is 1. The fourth-order valence-electron chi connectivity index (χ4n) is 1.56. The number of ether oxygens (including phenoxy) is 1. The van der Waals surface area contributed by atoms with Gasteiger partial charge in [-0.3, -0.25) is 0 Å². The van der Waals surface area contributed by atoms with E-state index in [1.54, 1.807) is 13.1 Å². The van der Waals surface area contributed by atoms with Gasteiger partial charge in [-0.2, -0.15) is 0 Å². The van der Waals surface area contributed by atoms with Gasteiger partial charge >= 0.3 is 5.97 Å². The van der Waals surface area contributed by atoms with Crippen molar-refractivity contribution in [2.45, 2.75) is 19.9 Å². The highest BCUT2D eigenvalue weighted by Gasteiger charge is 2.18. The number of esters is 1. The summed E-state index contributed by atoms with van der Waals surface area (Å²) in [5, 5.41) is 13.0. The van der Waals surface area contributed by atoms with Crippen molar-refractivity contribution in [3.05, 3.63) is 28.8 Å². The lowest BCUT2D eigenvalue weighted by Gasteiger charge is -2.15. The van der Waals surface area contributed by atoms with Crippen molar-refractivity contribution in [3.8, 4) is 5.75 Å². The van der Waals surface area contributed by atoms with Gasteiger partial charge in [0.15, 0.2) is 0 Å². The van der Waals surface area contributed by atoms with Crippen molar-refractivity contribution in [1.29, 1.82) is 0 Å². The first-order valence-electron chi connectivity index (χ1n) is 5.10. The van der Waals surface area contributed by atoms with E-state index in [-0.39, 0.29) is 17.4 Å². The van der Waals surface area contributed by atoms with Crippen LogP contribution in [0.25, 0.3) is 0 Å². The number of carbonyl (C=O) groups is 1. The predicted molar refractivity (Wildman–Crippen MR) is 61.7 cm³/mol. The molecule has 0 bridgehead atoms. The van der Waals surface area contributed by atoms with Crippen molar-refractivity contribution in [3.63, 3.8) is 0 Å². The van der Waals surface area contributed by atoms with Gasteiger partial charge in [0.2, 0.25) is 0 Å². The second-order valence-corrected chi connectivity index (χ2v) is 3.75. The molecule has 0 aliphatic carbocycles. The first kappa shape index (κ1) is 12.5. The molecule has 0 aliphatic heterocycles. The summed E-state index contributed by atoms with van der Waals surface area (Å²) in [6.45, 7) is 3.79. The summed E-state index contributed by atoms with van der Waals surface area (Å²) in [5.74, 6) is -0.537. The minimum Gasteiger partial charge on any atom is -0.507 e. The Labute approximate surface area is 95.2 Å². The average molecular weight is 223 g/mol. The zero-order valence-corrected chi connectivity index (χ0v) is 10.00. The quantitative estimate of drug-likeness (QED) is 0.767. The Morgan fingerprint density at radius 2 is 2.12 bits per heavy atom. The number of aryl methyl sites for hydroxylation is 1. The van der Waals surface area contributed by atoms with E-state index in [4.69, 9.17) is 0 Å². The van der Waals surface area contributed by atoms with Crippen LogP contribution in [0.1, 0.15) is 34.5 Å². The number of aromatic hydroxyl groups is 1. The second-order valence-electron chi connectivity index (χ2n) is 3.75. The summed E-state index contributed by atoms with van der Waals surface area (Å²) in [4.78, 5) is 11.4. The Morgan fingerprint density at radius 1 is 1.50 bits per heavy atom. The molecule has 1 rings (SSSR count). The van der Waals surface area contributed by atoms with Crippen LogP contribution in [-0.4, -0.2) is 25.2 Å². The van der Waals surface area contributed by atoms with Gasteiger partial charge in [-0.25, -0.2) is 4.79 Å². The van der Waals surface area contributed by atoms with Crippen LogP contribution >= 0.6 is 0 Å². The van der Waals surface area contributed by atoms with Crippen LogP contribution in [-0.2, 0) is 4.74 Å². The lowest BCUT2D eigenvalue weighted by Crippen LogP contribution is -2.14. The van der Waals surface area contributed by atoms with E-state index < -0.39 is 5.97 Å². The van der Waals surface area contributed by atoms with Crippen LogP contribution in [0, 0.1) is 6.92 Å². The Kier molecular flexibility index (Phi) is 3.90. The maximum absolute atomic E-state index is 11.4. The normalized spacial score (nSPS) is 12.2. The number of carbonyl (C=O) groups excluding carboxylic acids is 1. The van der Waals surface area contributed by atoms with E-state index >= 15 is 0 Å². The second kappa shape index (κ2) is 4.99. The summed E-state index contributed by atoms with van der Waals surface area (Å²) in [7, 11) is 3.09. The molecule has 0 aromatic heterocycles. The molecule has 1 aromatic carbocycles. The molecule has 2 N–H and O–H groups in total. The maximum Gasteiger partial charge on any atom is 0.341 e. The van der Waals surface area contributed by atoms with E-state index in [1.165, 1.54) is 7.11 Å². The number of rotatable bonds is 3. The third-order valence-corrected chi connectivity index (χ3v) is 2.59. The van der Waals surface area contributed by atoms with Crippen LogP contribution in [0.15, 0.2) is 12.1 Å². The number of methoxy groups -OCH3 is 1. The number of hydrogen-bond acceptors (Lipinski definition) is 4. The first-order chi connectivity index (χ1) is 7.51. The standard InChI is InChI=1S/C12H17NO3/c1-7-5-9(8(2)13-3)11(14)10(6-7)12(15)16-4/h5-6,8,13-14H,1-4H3/t8-/m1/s1. The summed E-state index contributed by atoms with van der Waals surface area (Å²) >= 11 is 0. The molecule has 0 saturated heterocycles. The van der Waals surface area contributed by atoms with Crippen molar-refractivity contribution >= 4 is 5.97 Å². The fraction of sp³-hybridized carbons (Fsp3) is 0.417. The van der Waals surface area contributed by atoms with Gasteiger partial charge in [-0.05, 0) is 32.5 Å². The molecule has 0 unspecified atom stereocenters. The Morgan fingerprint density at radius 3 is 2.62 bits per heavy atom. The molecule has 0 amide bonds. The highest BCUT2D eigenvalue weighted by atomic mass is 16.5. The van der Waals surface area contributed by atoms with Gasteiger partial charge in [-0.15, -0.1) is 0 Å². The van der Waals surface area contributed by atoms with Crippen LogP contribution < -0.4 is 5.32 Å². The molecule has 0 fully saturated rings. The molecule has 1 aromatic rings. The Bertz CT molecular complexity index is 401. The third-order valence-electron chi connectivity index (χ3n) is 2.59. The van der Waals surface area contributed by atoms with E-state index in [1.807, 2.05) is 19.9 Å². The minimum absolute atomic E-state index is 0.0145. The van der Waals surface area contributed by atoms with E-state index in [9.17, 15) is 9.90 Å². The molecule has 0 aliphatic rings. The average Bonchev–Trinajstić information content (AvgIpc) is 2.29. The maximum atomic E-state index is 11.4. The van der Waals surface area contributed by atoms with Gasteiger partial charge in [0.1, 0.15) is 11.3 Å².